The molecule has 4 nitrogen and oxygen atoms in total. The normalized spacial score (nSPS) is 11.6. The highest BCUT2D eigenvalue weighted by molar-refractivity contribution is 5.97. The van der Waals surface area contributed by atoms with Crippen molar-refractivity contribution in [3.8, 4) is 5.75 Å². The van der Waals surface area contributed by atoms with Gasteiger partial charge in [0.05, 0.1) is 6.61 Å². The first-order valence-electron chi connectivity index (χ1n) is 7.71. The fourth-order valence-electron chi connectivity index (χ4n) is 2.45. The van der Waals surface area contributed by atoms with Crippen molar-refractivity contribution in [3.05, 3.63) is 47.8 Å². The fraction of sp³-hybridized carbons (Fsp3) is 0.316. The quantitative estimate of drug-likeness (QED) is 0.644. The fourth-order valence-corrected chi connectivity index (χ4v) is 2.45. The Morgan fingerprint density at radius 2 is 2.13 bits per heavy atom. The zero-order valence-corrected chi connectivity index (χ0v) is 14.2. The van der Waals surface area contributed by atoms with Gasteiger partial charge in [-0.2, -0.15) is 0 Å². The van der Waals surface area contributed by atoms with Crippen LogP contribution in [-0.4, -0.2) is 19.1 Å². The van der Waals surface area contributed by atoms with Crippen molar-refractivity contribution >= 4 is 22.4 Å². The van der Waals surface area contributed by atoms with Crippen LogP contribution in [0.25, 0.3) is 16.5 Å². The Balaban J connectivity index is 2.49. The number of aryl methyl sites for hydroxylation is 2. The van der Waals surface area contributed by atoms with Crippen molar-refractivity contribution in [2.75, 3.05) is 13.2 Å². The summed E-state index contributed by atoms with van der Waals surface area (Å²) in [6.07, 6.45) is 3.23. The lowest BCUT2D eigenvalue weighted by Gasteiger charge is -2.11. The van der Waals surface area contributed by atoms with Crippen molar-refractivity contribution in [1.82, 2.24) is 5.32 Å². The molecule has 0 fully saturated rings. The first-order valence-corrected chi connectivity index (χ1v) is 7.71. The molecule has 1 aromatic heterocycles. The van der Waals surface area contributed by atoms with Gasteiger partial charge in [-0.25, -0.2) is 0 Å². The summed E-state index contributed by atoms with van der Waals surface area (Å²) in [5, 5.41) is 3.79. The predicted molar refractivity (Wildman–Crippen MR) is 93.7 cm³/mol. The Hall–Kier alpha value is -2.49. The number of benzene rings is 1. The molecule has 0 bridgehead atoms. The highest BCUT2D eigenvalue weighted by Crippen LogP contribution is 2.34. The van der Waals surface area contributed by atoms with Gasteiger partial charge in [-0.1, -0.05) is 6.08 Å². The van der Waals surface area contributed by atoms with Gasteiger partial charge in [0.15, 0.2) is 0 Å². The molecule has 0 aliphatic carbocycles. The van der Waals surface area contributed by atoms with Gasteiger partial charge < -0.3 is 14.5 Å². The molecule has 0 aliphatic rings. The zero-order chi connectivity index (χ0) is 17.0. The lowest BCUT2D eigenvalue weighted by molar-refractivity contribution is -0.116. The van der Waals surface area contributed by atoms with Crippen LogP contribution < -0.4 is 10.1 Å². The standard InChI is InChI=1S/C19H23NO3/c1-6-8-20-19(21)9-12(3)15-10-16-13(4)14(5)23-18(16)11-17(15)22-7-2/h6,9-11H,1,7-8H2,2-5H3,(H,20,21)/b12-9+. The van der Waals surface area contributed by atoms with Crippen LogP contribution in [0.5, 0.6) is 5.75 Å². The van der Waals surface area contributed by atoms with E-state index in [4.69, 9.17) is 9.15 Å². The van der Waals surface area contributed by atoms with E-state index in [2.05, 4.69) is 11.9 Å². The number of hydrogen-bond acceptors (Lipinski definition) is 3. The third kappa shape index (κ3) is 3.65. The van der Waals surface area contributed by atoms with E-state index < -0.39 is 0 Å². The summed E-state index contributed by atoms with van der Waals surface area (Å²) < 4.78 is 11.5. The van der Waals surface area contributed by atoms with Crippen molar-refractivity contribution in [3.63, 3.8) is 0 Å². The highest BCUT2D eigenvalue weighted by atomic mass is 16.5. The molecule has 1 heterocycles. The first-order chi connectivity index (χ1) is 11.0. The van der Waals surface area contributed by atoms with Crippen molar-refractivity contribution < 1.29 is 13.9 Å². The lowest BCUT2D eigenvalue weighted by atomic mass is 10.0. The maximum Gasteiger partial charge on any atom is 0.244 e. The Bertz CT molecular complexity index is 769. The van der Waals surface area contributed by atoms with Gasteiger partial charge in [0, 0.05) is 29.6 Å². The third-order valence-electron chi connectivity index (χ3n) is 3.77. The average Bonchev–Trinajstić information content (AvgIpc) is 2.79. The minimum Gasteiger partial charge on any atom is -0.493 e. The van der Waals surface area contributed by atoms with Gasteiger partial charge in [-0.05, 0) is 44.9 Å². The molecule has 0 unspecified atom stereocenters. The number of furan rings is 1. The number of nitrogens with one attached hydrogen (secondary N) is 1. The lowest BCUT2D eigenvalue weighted by Crippen LogP contribution is -2.20. The third-order valence-corrected chi connectivity index (χ3v) is 3.77. The van der Waals surface area contributed by atoms with Crippen LogP contribution in [0.2, 0.25) is 0 Å². The van der Waals surface area contributed by atoms with Crippen LogP contribution in [0.4, 0.5) is 0 Å². The molecule has 23 heavy (non-hydrogen) atoms. The number of carbonyl (C=O) groups excluding carboxylic acids is 1. The first kappa shape index (κ1) is 16.9. The smallest absolute Gasteiger partial charge is 0.244 e. The minimum atomic E-state index is -0.148. The van der Waals surface area contributed by atoms with Crippen LogP contribution in [-0.2, 0) is 4.79 Å². The van der Waals surface area contributed by atoms with Gasteiger partial charge in [0.1, 0.15) is 17.1 Å². The van der Waals surface area contributed by atoms with Gasteiger partial charge in [-0.15, -0.1) is 6.58 Å². The molecule has 0 aliphatic heterocycles. The monoisotopic (exact) mass is 313 g/mol. The maximum atomic E-state index is 11.9. The summed E-state index contributed by atoms with van der Waals surface area (Å²) in [7, 11) is 0. The molecular formula is C19H23NO3. The molecule has 4 heteroatoms. The van der Waals surface area contributed by atoms with E-state index >= 15 is 0 Å². The van der Waals surface area contributed by atoms with E-state index in [0.717, 1.165) is 39.2 Å². The molecule has 0 saturated heterocycles. The number of hydrogen-bond donors (Lipinski definition) is 1. The Morgan fingerprint density at radius 3 is 2.78 bits per heavy atom. The van der Waals surface area contributed by atoms with Crippen LogP contribution in [0, 0.1) is 13.8 Å². The van der Waals surface area contributed by atoms with Gasteiger partial charge in [-0.3, -0.25) is 4.79 Å². The van der Waals surface area contributed by atoms with E-state index in [1.165, 1.54) is 0 Å². The molecule has 0 atom stereocenters. The maximum absolute atomic E-state index is 11.9. The molecule has 122 valence electrons. The van der Waals surface area contributed by atoms with Crippen molar-refractivity contribution in [2.45, 2.75) is 27.7 Å². The number of ether oxygens (including phenoxy) is 1. The summed E-state index contributed by atoms with van der Waals surface area (Å²) in [5.41, 5.74) is 3.65. The molecule has 2 rings (SSSR count). The zero-order valence-electron chi connectivity index (χ0n) is 14.2. The van der Waals surface area contributed by atoms with Gasteiger partial charge >= 0.3 is 0 Å². The topological polar surface area (TPSA) is 51.5 Å². The van der Waals surface area contributed by atoms with E-state index in [0.29, 0.717) is 13.2 Å². The summed E-state index contributed by atoms with van der Waals surface area (Å²) in [6.45, 7) is 12.4. The van der Waals surface area contributed by atoms with E-state index in [1.54, 1.807) is 12.2 Å². The predicted octanol–water partition coefficient (Wildman–Crippen LogP) is 4.15. The Morgan fingerprint density at radius 1 is 1.39 bits per heavy atom. The van der Waals surface area contributed by atoms with Crippen LogP contribution in [0.3, 0.4) is 0 Å². The van der Waals surface area contributed by atoms with Crippen LogP contribution >= 0.6 is 0 Å². The summed E-state index contributed by atoms with van der Waals surface area (Å²) in [5.74, 6) is 1.47. The van der Waals surface area contributed by atoms with E-state index in [-0.39, 0.29) is 5.91 Å². The number of fused-ring (bicyclic) bond motifs is 1. The van der Waals surface area contributed by atoms with E-state index in [9.17, 15) is 4.79 Å². The molecule has 1 aromatic carbocycles. The van der Waals surface area contributed by atoms with Gasteiger partial charge in [0.25, 0.3) is 0 Å². The SMILES string of the molecule is C=CCNC(=O)/C=C(\C)c1cc2c(C)c(C)oc2cc1OCC. The van der Waals surface area contributed by atoms with E-state index in [1.807, 2.05) is 39.8 Å². The number of allylic oxidation sites excluding steroid dienone is 1. The number of carbonyl (C=O) groups is 1. The Labute approximate surface area is 136 Å². The number of rotatable bonds is 6. The largest absolute Gasteiger partial charge is 0.493 e. The molecule has 1 N–H and O–H groups in total. The van der Waals surface area contributed by atoms with Gasteiger partial charge in [0.2, 0.25) is 5.91 Å². The summed E-state index contributed by atoms with van der Waals surface area (Å²) in [6, 6.07) is 3.92. The Kier molecular flexibility index (Phi) is 5.27. The second kappa shape index (κ2) is 7.18. The summed E-state index contributed by atoms with van der Waals surface area (Å²) in [4.78, 5) is 11.9. The minimum absolute atomic E-state index is 0.148. The van der Waals surface area contributed by atoms with Crippen molar-refractivity contribution in [2.24, 2.45) is 0 Å². The molecule has 2 aromatic rings. The molecule has 0 radical (unpaired) electrons. The average molecular weight is 313 g/mol. The highest BCUT2D eigenvalue weighted by Gasteiger charge is 2.14. The molecule has 0 spiro atoms. The van der Waals surface area contributed by atoms with Crippen LogP contribution in [0.1, 0.15) is 30.7 Å². The molecule has 1 amide bonds. The molecule has 0 saturated carbocycles. The summed E-state index contributed by atoms with van der Waals surface area (Å²) >= 11 is 0. The van der Waals surface area contributed by atoms with Crippen molar-refractivity contribution in [1.29, 1.82) is 0 Å². The molecular weight excluding hydrogens is 290 g/mol. The number of amides is 1. The van der Waals surface area contributed by atoms with Crippen LogP contribution in [0.15, 0.2) is 35.3 Å². The second-order valence-corrected chi connectivity index (χ2v) is 5.42. The second-order valence-electron chi connectivity index (χ2n) is 5.42.